The van der Waals surface area contributed by atoms with E-state index in [1.54, 1.807) is 36.3 Å². The van der Waals surface area contributed by atoms with Crippen LogP contribution in [0.1, 0.15) is 12.5 Å². The molecule has 0 aliphatic heterocycles. The number of imidazole rings is 1. The van der Waals surface area contributed by atoms with Crippen LogP contribution in [0.15, 0.2) is 53.8 Å². The van der Waals surface area contributed by atoms with E-state index >= 15 is 0 Å². The quantitative estimate of drug-likeness (QED) is 0.591. The van der Waals surface area contributed by atoms with Gasteiger partial charge in [0.25, 0.3) is 5.92 Å². The van der Waals surface area contributed by atoms with Crippen LogP contribution in [-0.2, 0) is 23.0 Å². The molecule has 1 aromatic heterocycles. The van der Waals surface area contributed by atoms with Crippen LogP contribution in [0.3, 0.4) is 0 Å². The molecule has 0 saturated heterocycles. The molecule has 2 N–H and O–H groups in total. The number of anilines is 2. The van der Waals surface area contributed by atoms with E-state index in [2.05, 4.69) is 15.0 Å². The summed E-state index contributed by atoms with van der Waals surface area (Å²) >= 11 is 5.91. The van der Waals surface area contributed by atoms with E-state index in [4.69, 9.17) is 11.6 Å². The molecule has 0 radical (unpaired) electrons. The maximum atomic E-state index is 13.8. The minimum Gasteiger partial charge on any atom is -0.355 e. The smallest absolute Gasteiger partial charge is 0.272 e. The summed E-state index contributed by atoms with van der Waals surface area (Å²) in [6.45, 7) is 0.773. The van der Waals surface area contributed by atoms with Crippen LogP contribution in [-0.4, -0.2) is 25.0 Å². The van der Waals surface area contributed by atoms with Gasteiger partial charge in [0.15, 0.2) is 0 Å². The molecule has 1 heterocycles. The lowest BCUT2D eigenvalue weighted by molar-refractivity contribution is 0.0176. The Morgan fingerprint density at radius 3 is 2.48 bits per heavy atom. The third kappa shape index (κ3) is 4.58. The predicted octanol–water partition coefficient (Wildman–Crippen LogP) is 4.50. The lowest BCUT2D eigenvalue weighted by Crippen LogP contribution is -2.18. The van der Waals surface area contributed by atoms with Gasteiger partial charge in [0.1, 0.15) is 0 Å². The van der Waals surface area contributed by atoms with Gasteiger partial charge in [-0.1, -0.05) is 11.6 Å². The maximum Gasteiger partial charge on any atom is 0.272 e. The number of aromatic nitrogens is 2. The molecule has 2 aromatic carbocycles. The molecular formula is C19H19ClF2N4O2S. The van der Waals surface area contributed by atoms with Crippen molar-refractivity contribution in [3.05, 3.63) is 59.5 Å². The molecule has 0 saturated carbocycles. The number of alkyl halides is 2. The van der Waals surface area contributed by atoms with Crippen molar-refractivity contribution in [2.75, 3.05) is 12.4 Å². The molecular weight excluding hydrogens is 422 g/mol. The fourth-order valence-electron chi connectivity index (χ4n) is 2.78. The second-order valence-electron chi connectivity index (χ2n) is 6.55. The van der Waals surface area contributed by atoms with Crippen molar-refractivity contribution in [1.29, 1.82) is 0 Å². The highest BCUT2D eigenvalue weighted by Gasteiger charge is 2.27. The lowest BCUT2D eigenvalue weighted by Gasteiger charge is -2.17. The van der Waals surface area contributed by atoms with Gasteiger partial charge >= 0.3 is 0 Å². The van der Waals surface area contributed by atoms with Crippen LogP contribution in [0.4, 0.5) is 20.2 Å². The standard InChI is InChI=1S/C19H19ClF2N4O2S/c1-19(21,22)15-8-12(4-6-16(15)20)25-17-7-5-13(29(27,28)23-2)9-14(17)18-10-26(3)11-24-18/h4-11,23,25H,1-3H3. The number of nitrogens with zero attached hydrogens (tertiary/aromatic N) is 2. The number of hydrogen-bond acceptors (Lipinski definition) is 4. The molecule has 0 unspecified atom stereocenters. The first-order valence-electron chi connectivity index (χ1n) is 8.52. The van der Waals surface area contributed by atoms with Crippen molar-refractivity contribution in [3.63, 3.8) is 0 Å². The first-order valence-corrected chi connectivity index (χ1v) is 10.4. The minimum absolute atomic E-state index is 0.0385. The molecule has 10 heteroatoms. The second-order valence-corrected chi connectivity index (χ2v) is 8.84. The van der Waals surface area contributed by atoms with E-state index in [-0.39, 0.29) is 15.5 Å². The fourth-order valence-corrected chi connectivity index (χ4v) is 3.82. The molecule has 3 rings (SSSR count). The van der Waals surface area contributed by atoms with Crippen molar-refractivity contribution in [1.82, 2.24) is 14.3 Å². The number of benzene rings is 2. The Labute approximate surface area is 172 Å². The monoisotopic (exact) mass is 440 g/mol. The Hall–Kier alpha value is -2.49. The summed E-state index contributed by atoms with van der Waals surface area (Å²) in [6.07, 6.45) is 3.31. The number of nitrogens with one attached hydrogen (secondary N) is 2. The van der Waals surface area contributed by atoms with Gasteiger partial charge in [-0.15, -0.1) is 0 Å². The zero-order chi connectivity index (χ0) is 21.4. The van der Waals surface area contributed by atoms with Crippen LogP contribution in [0.2, 0.25) is 5.02 Å². The van der Waals surface area contributed by atoms with Crippen LogP contribution in [0.25, 0.3) is 11.3 Å². The van der Waals surface area contributed by atoms with E-state index in [0.717, 1.165) is 6.92 Å². The van der Waals surface area contributed by atoms with Gasteiger partial charge in [-0.05, 0) is 43.4 Å². The molecule has 0 aliphatic rings. The zero-order valence-electron chi connectivity index (χ0n) is 15.9. The van der Waals surface area contributed by atoms with Gasteiger partial charge in [0, 0.05) is 47.7 Å². The van der Waals surface area contributed by atoms with E-state index in [0.29, 0.717) is 22.6 Å². The van der Waals surface area contributed by atoms with E-state index < -0.39 is 15.9 Å². The fraction of sp³-hybridized carbons (Fsp3) is 0.211. The molecule has 154 valence electrons. The second kappa shape index (κ2) is 7.74. The molecule has 0 spiro atoms. The Kier molecular flexibility index (Phi) is 5.66. The van der Waals surface area contributed by atoms with Crippen molar-refractivity contribution in [2.24, 2.45) is 7.05 Å². The number of sulfonamides is 1. The van der Waals surface area contributed by atoms with Crippen LogP contribution in [0.5, 0.6) is 0 Å². The van der Waals surface area contributed by atoms with Gasteiger partial charge in [0.2, 0.25) is 10.0 Å². The summed E-state index contributed by atoms with van der Waals surface area (Å²) < 4.78 is 56.0. The first-order chi connectivity index (χ1) is 13.5. The zero-order valence-corrected chi connectivity index (χ0v) is 17.4. The van der Waals surface area contributed by atoms with E-state index in [9.17, 15) is 17.2 Å². The van der Waals surface area contributed by atoms with Gasteiger partial charge < -0.3 is 9.88 Å². The lowest BCUT2D eigenvalue weighted by atomic mass is 10.1. The SMILES string of the molecule is CNS(=O)(=O)c1ccc(Nc2ccc(Cl)c(C(C)(F)F)c2)c(-c2cn(C)cn2)c1. The molecule has 0 atom stereocenters. The average molecular weight is 441 g/mol. The van der Waals surface area contributed by atoms with E-state index in [1.807, 2.05) is 0 Å². The molecule has 0 bridgehead atoms. The van der Waals surface area contributed by atoms with Gasteiger partial charge in [0.05, 0.1) is 16.9 Å². The minimum atomic E-state index is -3.67. The highest BCUT2D eigenvalue weighted by Crippen LogP contribution is 2.37. The highest BCUT2D eigenvalue weighted by atomic mass is 35.5. The summed E-state index contributed by atoms with van der Waals surface area (Å²) in [5.41, 5.74) is 1.61. The molecule has 6 nitrogen and oxygen atoms in total. The predicted molar refractivity (Wildman–Crippen MR) is 109 cm³/mol. The van der Waals surface area contributed by atoms with Crippen molar-refractivity contribution < 1.29 is 17.2 Å². The van der Waals surface area contributed by atoms with Crippen LogP contribution in [0, 0.1) is 0 Å². The average Bonchev–Trinajstić information content (AvgIpc) is 3.08. The largest absolute Gasteiger partial charge is 0.355 e. The molecule has 0 amide bonds. The normalized spacial score (nSPS) is 12.2. The number of rotatable bonds is 6. The summed E-state index contributed by atoms with van der Waals surface area (Å²) in [5.74, 6) is -3.11. The molecule has 3 aromatic rings. The Bertz CT molecular complexity index is 1160. The van der Waals surface area contributed by atoms with Crippen molar-refractivity contribution in [2.45, 2.75) is 17.7 Å². The van der Waals surface area contributed by atoms with Crippen LogP contribution < -0.4 is 10.0 Å². The third-order valence-electron chi connectivity index (χ3n) is 4.27. The van der Waals surface area contributed by atoms with E-state index in [1.165, 1.54) is 31.3 Å². The Morgan fingerprint density at radius 1 is 1.17 bits per heavy atom. The number of aryl methyl sites for hydroxylation is 1. The number of hydrogen-bond donors (Lipinski definition) is 2. The van der Waals surface area contributed by atoms with Gasteiger partial charge in [-0.25, -0.2) is 26.9 Å². The van der Waals surface area contributed by atoms with Gasteiger partial charge in [-0.3, -0.25) is 0 Å². The molecule has 29 heavy (non-hydrogen) atoms. The Morgan fingerprint density at radius 2 is 1.90 bits per heavy atom. The summed E-state index contributed by atoms with van der Waals surface area (Å²) in [6, 6.07) is 8.68. The van der Waals surface area contributed by atoms with Crippen molar-refractivity contribution in [3.8, 4) is 11.3 Å². The number of halogens is 3. The topological polar surface area (TPSA) is 76.0 Å². The van der Waals surface area contributed by atoms with Crippen LogP contribution >= 0.6 is 11.6 Å². The summed E-state index contributed by atoms with van der Waals surface area (Å²) in [5, 5.41) is 3.02. The summed E-state index contributed by atoms with van der Waals surface area (Å²) in [7, 11) is -0.566. The third-order valence-corrected chi connectivity index (χ3v) is 6.01. The first kappa shape index (κ1) is 21.2. The molecule has 0 aliphatic carbocycles. The maximum absolute atomic E-state index is 13.8. The van der Waals surface area contributed by atoms with Gasteiger partial charge in [-0.2, -0.15) is 0 Å². The highest BCUT2D eigenvalue weighted by molar-refractivity contribution is 7.89. The Balaban J connectivity index is 2.10. The summed E-state index contributed by atoms with van der Waals surface area (Å²) in [4.78, 5) is 4.33. The molecule has 0 fully saturated rings. The van der Waals surface area contributed by atoms with Crippen molar-refractivity contribution >= 4 is 33.0 Å².